The van der Waals surface area contributed by atoms with Crippen molar-refractivity contribution in [3.05, 3.63) is 77.1 Å². The fourth-order valence-corrected chi connectivity index (χ4v) is 4.53. The number of amides is 1. The number of hydrogen-bond donors (Lipinski definition) is 1. The molecule has 5 rings (SSSR count). The minimum absolute atomic E-state index is 0.0359. The van der Waals surface area contributed by atoms with Crippen molar-refractivity contribution >= 4 is 17.2 Å². The van der Waals surface area contributed by atoms with Gasteiger partial charge in [0.05, 0.1) is 23.5 Å². The molecule has 2 bridgehead atoms. The molecule has 34 heavy (non-hydrogen) atoms. The van der Waals surface area contributed by atoms with Gasteiger partial charge in [-0.25, -0.2) is 8.78 Å². The van der Waals surface area contributed by atoms with Gasteiger partial charge in [-0.15, -0.1) is 0 Å². The fraction of sp³-hybridized carbons (Fsp3) is 0.250. The van der Waals surface area contributed by atoms with Crippen LogP contribution >= 0.6 is 0 Å². The second-order valence-electron chi connectivity index (χ2n) is 8.18. The minimum Gasteiger partial charge on any atom is -0.365 e. The lowest BCUT2D eigenvalue weighted by atomic mass is 9.89. The van der Waals surface area contributed by atoms with Crippen LogP contribution in [0.5, 0.6) is 0 Å². The third-order valence-electron chi connectivity index (χ3n) is 6.04. The summed E-state index contributed by atoms with van der Waals surface area (Å²) in [6.07, 6.45) is -4.62. The molecule has 0 spiro atoms. The largest absolute Gasteiger partial charge is 0.435 e. The lowest BCUT2D eigenvalue weighted by Gasteiger charge is -2.17. The second-order valence-corrected chi connectivity index (χ2v) is 8.18. The van der Waals surface area contributed by atoms with Crippen molar-refractivity contribution in [3.63, 3.8) is 0 Å². The number of carbonyl (C=O) groups excluding carboxylic acids is 1. The summed E-state index contributed by atoms with van der Waals surface area (Å²) in [4.78, 5) is 13.1. The molecular weight excluding hydrogens is 457 g/mol. The van der Waals surface area contributed by atoms with Gasteiger partial charge >= 0.3 is 6.18 Å². The summed E-state index contributed by atoms with van der Waals surface area (Å²) >= 11 is 0. The van der Waals surface area contributed by atoms with Gasteiger partial charge in [0, 0.05) is 29.4 Å². The number of rotatable bonds is 4. The number of fused-ring (bicyclic) bond motifs is 2. The highest BCUT2D eigenvalue weighted by Crippen LogP contribution is 2.45. The van der Waals surface area contributed by atoms with Gasteiger partial charge in [0.2, 0.25) is 0 Å². The molecule has 2 aliphatic rings. The highest BCUT2D eigenvalue weighted by atomic mass is 19.4. The van der Waals surface area contributed by atoms with Crippen molar-refractivity contribution in [1.82, 2.24) is 9.78 Å². The van der Waals surface area contributed by atoms with Crippen molar-refractivity contribution in [3.8, 4) is 11.1 Å². The number of ether oxygens (including phenoxy) is 1. The van der Waals surface area contributed by atoms with Crippen LogP contribution in [-0.4, -0.2) is 27.9 Å². The predicted octanol–water partition coefficient (Wildman–Crippen LogP) is 5.34. The smallest absolute Gasteiger partial charge is 0.365 e. The van der Waals surface area contributed by atoms with E-state index in [1.165, 1.54) is 37.4 Å². The lowest BCUT2D eigenvalue weighted by molar-refractivity contribution is -0.141. The zero-order valence-corrected chi connectivity index (χ0v) is 17.8. The number of halogens is 5. The van der Waals surface area contributed by atoms with Crippen LogP contribution in [0.25, 0.3) is 16.7 Å². The molecule has 0 saturated carbocycles. The highest BCUT2D eigenvalue weighted by Gasteiger charge is 2.45. The van der Waals surface area contributed by atoms with Gasteiger partial charge < -0.3 is 10.1 Å². The standard InChI is InChI=1S/C24H18F5N3O2/c1-32-17(11-20(31-32)24(27,28)29)21-18-8-9-19(34-18)22(21)23(33)30-12-6-7-14(16(26)10-12)13-4-2-3-5-15(13)25/h2-7,10-11,18-19H,8-9H2,1H3,(H,30,33). The molecule has 1 aromatic heterocycles. The second kappa shape index (κ2) is 8.05. The number of anilines is 1. The first kappa shape index (κ1) is 22.3. The van der Waals surface area contributed by atoms with Crippen LogP contribution in [0.4, 0.5) is 27.6 Å². The Kier molecular flexibility index (Phi) is 5.27. The zero-order valence-electron chi connectivity index (χ0n) is 17.8. The normalized spacial score (nSPS) is 19.7. The maximum atomic E-state index is 14.7. The van der Waals surface area contributed by atoms with E-state index < -0.39 is 41.6 Å². The van der Waals surface area contributed by atoms with E-state index in [0.29, 0.717) is 18.4 Å². The molecule has 2 aliphatic heterocycles. The van der Waals surface area contributed by atoms with Gasteiger partial charge in [-0.05, 0) is 43.2 Å². The van der Waals surface area contributed by atoms with E-state index in [1.54, 1.807) is 6.07 Å². The summed E-state index contributed by atoms with van der Waals surface area (Å²) in [7, 11) is 1.37. The van der Waals surface area contributed by atoms with Crippen molar-refractivity contribution in [2.24, 2.45) is 7.05 Å². The first-order valence-electron chi connectivity index (χ1n) is 10.5. The molecule has 10 heteroatoms. The predicted molar refractivity (Wildman–Crippen MR) is 113 cm³/mol. The number of aryl methyl sites for hydroxylation is 1. The Morgan fingerprint density at radius 2 is 1.74 bits per heavy atom. The molecule has 0 aliphatic carbocycles. The molecule has 2 atom stereocenters. The molecular formula is C24H18F5N3O2. The maximum absolute atomic E-state index is 14.7. The number of benzene rings is 2. The molecule has 1 fully saturated rings. The molecule has 3 heterocycles. The topological polar surface area (TPSA) is 56.2 Å². The van der Waals surface area contributed by atoms with E-state index in [4.69, 9.17) is 4.74 Å². The van der Waals surface area contributed by atoms with Crippen LogP contribution in [0.3, 0.4) is 0 Å². The van der Waals surface area contributed by atoms with Crippen molar-refractivity contribution < 1.29 is 31.5 Å². The third-order valence-corrected chi connectivity index (χ3v) is 6.04. The Morgan fingerprint density at radius 3 is 2.41 bits per heavy atom. The average molecular weight is 475 g/mol. The first-order chi connectivity index (χ1) is 16.1. The molecule has 176 valence electrons. The van der Waals surface area contributed by atoms with Gasteiger partial charge in [0.1, 0.15) is 11.6 Å². The summed E-state index contributed by atoms with van der Waals surface area (Å²) < 4.78 is 75.1. The maximum Gasteiger partial charge on any atom is 0.435 e. The molecule has 1 amide bonds. The molecule has 3 aromatic rings. The van der Waals surface area contributed by atoms with Crippen LogP contribution in [0.1, 0.15) is 24.2 Å². The van der Waals surface area contributed by atoms with Crippen molar-refractivity contribution in [1.29, 1.82) is 0 Å². The molecule has 1 N–H and O–H groups in total. The van der Waals surface area contributed by atoms with E-state index in [9.17, 15) is 26.7 Å². The molecule has 1 saturated heterocycles. The summed E-state index contributed by atoms with van der Waals surface area (Å²) in [6.45, 7) is 0. The quantitative estimate of drug-likeness (QED) is 0.519. The van der Waals surface area contributed by atoms with Gasteiger partial charge in [-0.1, -0.05) is 18.2 Å². The summed E-state index contributed by atoms with van der Waals surface area (Å²) in [5.41, 5.74) is -0.126. The highest BCUT2D eigenvalue weighted by molar-refractivity contribution is 6.11. The van der Waals surface area contributed by atoms with Gasteiger partial charge in [-0.2, -0.15) is 18.3 Å². The van der Waals surface area contributed by atoms with E-state index in [-0.39, 0.29) is 28.1 Å². The van der Waals surface area contributed by atoms with E-state index >= 15 is 0 Å². The van der Waals surface area contributed by atoms with Crippen molar-refractivity contribution in [2.45, 2.75) is 31.2 Å². The third kappa shape index (κ3) is 3.77. The van der Waals surface area contributed by atoms with Gasteiger partial charge in [0.25, 0.3) is 5.91 Å². The van der Waals surface area contributed by atoms with E-state index in [2.05, 4.69) is 10.4 Å². The Labute approximate surface area is 190 Å². The summed E-state index contributed by atoms with van der Waals surface area (Å²) in [6, 6.07) is 10.5. The van der Waals surface area contributed by atoms with Crippen molar-refractivity contribution in [2.75, 3.05) is 5.32 Å². The number of carbonyl (C=O) groups is 1. The summed E-state index contributed by atoms with van der Waals surface area (Å²) in [5, 5.41) is 6.13. The first-order valence-corrected chi connectivity index (χ1v) is 10.5. The molecule has 0 radical (unpaired) electrons. The average Bonchev–Trinajstić information content (AvgIpc) is 3.48. The van der Waals surface area contributed by atoms with Gasteiger partial charge in [0.15, 0.2) is 5.69 Å². The Balaban J connectivity index is 1.47. The number of alkyl halides is 3. The minimum atomic E-state index is -4.63. The number of aromatic nitrogens is 2. The number of nitrogens with zero attached hydrogens (tertiary/aromatic N) is 2. The SMILES string of the molecule is Cn1nc(C(F)(F)F)cc1C1=C(C(=O)Nc2ccc(-c3ccccc3F)c(F)c2)C2CCC1O2. The van der Waals surface area contributed by atoms with E-state index in [1.807, 2.05) is 0 Å². The van der Waals surface area contributed by atoms with Crippen LogP contribution < -0.4 is 5.32 Å². The Hall–Kier alpha value is -3.53. The van der Waals surface area contributed by atoms with Crippen LogP contribution in [0.2, 0.25) is 0 Å². The molecule has 2 aromatic carbocycles. The number of hydrogen-bond acceptors (Lipinski definition) is 3. The van der Waals surface area contributed by atoms with Crippen LogP contribution in [-0.2, 0) is 22.8 Å². The summed E-state index contributed by atoms with van der Waals surface area (Å²) in [5.74, 6) is -1.92. The van der Waals surface area contributed by atoms with Crippen LogP contribution in [0.15, 0.2) is 54.1 Å². The van der Waals surface area contributed by atoms with Crippen LogP contribution in [0, 0.1) is 11.6 Å². The fourth-order valence-electron chi connectivity index (χ4n) is 4.53. The Morgan fingerprint density at radius 1 is 1.03 bits per heavy atom. The number of nitrogens with one attached hydrogen (secondary N) is 1. The van der Waals surface area contributed by atoms with Gasteiger partial charge in [-0.3, -0.25) is 9.48 Å². The Bertz CT molecular complexity index is 1330. The molecule has 5 nitrogen and oxygen atoms in total. The lowest BCUT2D eigenvalue weighted by Crippen LogP contribution is -2.23. The monoisotopic (exact) mass is 475 g/mol. The van der Waals surface area contributed by atoms with E-state index in [0.717, 1.165) is 16.8 Å². The zero-order chi connectivity index (χ0) is 24.2. The molecule has 2 unspecified atom stereocenters.